The van der Waals surface area contributed by atoms with E-state index in [1.807, 2.05) is 19.9 Å². The van der Waals surface area contributed by atoms with Crippen molar-refractivity contribution in [2.45, 2.75) is 32.7 Å². The Bertz CT molecular complexity index is 399. The summed E-state index contributed by atoms with van der Waals surface area (Å²) in [7, 11) is 3.43. The minimum Gasteiger partial charge on any atom is -0.383 e. The molecule has 0 radical (unpaired) electrons. The van der Waals surface area contributed by atoms with Crippen LogP contribution < -0.4 is 10.6 Å². The molecule has 0 aliphatic heterocycles. The first-order chi connectivity index (χ1) is 9.14. The number of methoxy groups -OCH3 is 1. The Hall–Kier alpha value is -1.62. The largest absolute Gasteiger partial charge is 0.383 e. The summed E-state index contributed by atoms with van der Waals surface area (Å²) in [6.07, 6.45) is 1.63. The molecule has 0 saturated heterocycles. The van der Waals surface area contributed by atoms with E-state index >= 15 is 0 Å². The number of rotatable bonds is 7. The molecule has 0 aliphatic carbocycles. The van der Waals surface area contributed by atoms with E-state index in [9.17, 15) is 4.79 Å². The van der Waals surface area contributed by atoms with E-state index < -0.39 is 0 Å². The number of hydrogen-bond acceptors (Lipinski definition) is 4. The van der Waals surface area contributed by atoms with Crippen LogP contribution in [-0.2, 0) is 11.2 Å². The Morgan fingerprint density at radius 3 is 2.68 bits per heavy atom. The summed E-state index contributed by atoms with van der Waals surface area (Å²) in [5, 5.41) is 5.94. The fraction of sp³-hybridized carbons (Fsp3) is 0.571. The number of anilines is 1. The monoisotopic (exact) mass is 265 g/mol. The molecule has 1 aromatic rings. The Morgan fingerprint density at radius 2 is 2.16 bits per heavy atom. The number of carbonyl (C=O) groups is 1. The Kier molecular flexibility index (Phi) is 6.29. The van der Waals surface area contributed by atoms with Crippen LogP contribution in [0, 0.1) is 0 Å². The molecule has 2 N–H and O–H groups in total. The molecule has 0 aromatic carbocycles. The maximum atomic E-state index is 12.2. The second-order valence-corrected chi connectivity index (χ2v) is 4.37. The summed E-state index contributed by atoms with van der Waals surface area (Å²) in [6, 6.07) is 3.62. The van der Waals surface area contributed by atoms with Crippen molar-refractivity contribution in [1.29, 1.82) is 0 Å². The van der Waals surface area contributed by atoms with Crippen LogP contribution in [-0.4, -0.2) is 37.7 Å². The summed E-state index contributed by atoms with van der Waals surface area (Å²) in [5.41, 5.74) is 1.53. The molecule has 106 valence electrons. The molecular weight excluding hydrogens is 242 g/mol. The van der Waals surface area contributed by atoms with Crippen LogP contribution in [0.5, 0.6) is 0 Å². The van der Waals surface area contributed by atoms with Gasteiger partial charge in [0.1, 0.15) is 5.82 Å². The van der Waals surface area contributed by atoms with Crippen molar-refractivity contribution >= 4 is 11.7 Å². The molecule has 0 aliphatic rings. The molecule has 19 heavy (non-hydrogen) atoms. The first-order valence-electron chi connectivity index (χ1n) is 6.63. The summed E-state index contributed by atoms with van der Waals surface area (Å²) in [4.78, 5) is 16.6. The number of nitrogens with one attached hydrogen (secondary N) is 2. The number of aromatic nitrogens is 1. The minimum atomic E-state index is -0.0856. The van der Waals surface area contributed by atoms with Gasteiger partial charge in [-0.25, -0.2) is 4.98 Å². The van der Waals surface area contributed by atoms with Crippen molar-refractivity contribution in [2.75, 3.05) is 26.1 Å². The van der Waals surface area contributed by atoms with Gasteiger partial charge < -0.3 is 15.4 Å². The third-order valence-electron chi connectivity index (χ3n) is 2.95. The van der Waals surface area contributed by atoms with Crippen LogP contribution in [0.15, 0.2) is 12.1 Å². The summed E-state index contributed by atoms with van der Waals surface area (Å²) in [5.74, 6) is 0.627. The van der Waals surface area contributed by atoms with Gasteiger partial charge in [-0.2, -0.15) is 0 Å². The number of pyridine rings is 1. The van der Waals surface area contributed by atoms with Crippen LogP contribution in [0.4, 0.5) is 5.82 Å². The second-order valence-electron chi connectivity index (χ2n) is 4.37. The number of amides is 1. The topological polar surface area (TPSA) is 63.2 Å². The van der Waals surface area contributed by atoms with Gasteiger partial charge in [-0.3, -0.25) is 4.79 Å². The highest BCUT2D eigenvalue weighted by atomic mass is 16.5. The Balaban J connectivity index is 2.86. The average molecular weight is 265 g/mol. The molecule has 1 amide bonds. The molecule has 1 unspecified atom stereocenters. The molecule has 1 atom stereocenters. The first-order valence-corrected chi connectivity index (χ1v) is 6.63. The van der Waals surface area contributed by atoms with Gasteiger partial charge in [0, 0.05) is 25.4 Å². The number of carbonyl (C=O) groups excluding carboxylic acids is 1. The Labute approximate surface area is 114 Å². The molecule has 1 heterocycles. The second kappa shape index (κ2) is 7.74. The number of hydrogen-bond donors (Lipinski definition) is 2. The minimum absolute atomic E-state index is 0.0359. The summed E-state index contributed by atoms with van der Waals surface area (Å²) < 4.78 is 5.08. The van der Waals surface area contributed by atoms with Crippen LogP contribution in [0.3, 0.4) is 0 Å². The molecule has 0 bridgehead atoms. The zero-order chi connectivity index (χ0) is 14.3. The lowest BCUT2D eigenvalue weighted by molar-refractivity contribution is 0.0894. The first kappa shape index (κ1) is 15.4. The predicted molar refractivity (Wildman–Crippen MR) is 76.6 cm³/mol. The molecule has 5 nitrogen and oxygen atoms in total. The van der Waals surface area contributed by atoms with Crippen molar-refractivity contribution in [3.8, 4) is 0 Å². The molecule has 0 saturated carbocycles. The van der Waals surface area contributed by atoms with E-state index in [0.717, 1.165) is 18.5 Å². The van der Waals surface area contributed by atoms with E-state index in [4.69, 9.17) is 4.74 Å². The van der Waals surface area contributed by atoms with Gasteiger partial charge in [0.05, 0.1) is 12.6 Å². The van der Waals surface area contributed by atoms with Crippen LogP contribution in [0.2, 0.25) is 0 Å². The van der Waals surface area contributed by atoms with Crippen LogP contribution in [0.25, 0.3) is 0 Å². The van der Waals surface area contributed by atoms with Crippen molar-refractivity contribution in [3.05, 3.63) is 23.4 Å². The SMILES string of the molecule is CCc1cc(C(=O)NC(CC)COC)cc(NC)n1. The maximum absolute atomic E-state index is 12.2. The lowest BCUT2D eigenvalue weighted by Crippen LogP contribution is -2.37. The van der Waals surface area contributed by atoms with Gasteiger partial charge in [-0.05, 0) is 25.0 Å². The van der Waals surface area contributed by atoms with E-state index in [1.165, 1.54) is 0 Å². The smallest absolute Gasteiger partial charge is 0.251 e. The quantitative estimate of drug-likeness (QED) is 0.789. The van der Waals surface area contributed by atoms with Gasteiger partial charge in [-0.15, -0.1) is 0 Å². The summed E-state index contributed by atoms with van der Waals surface area (Å²) >= 11 is 0. The van der Waals surface area contributed by atoms with Gasteiger partial charge in [0.25, 0.3) is 5.91 Å². The third-order valence-corrected chi connectivity index (χ3v) is 2.95. The fourth-order valence-corrected chi connectivity index (χ4v) is 1.76. The maximum Gasteiger partial charge on any atom is 0.251 e. The van der Waals surface area contributed by atoms with E-state index in [1.54, 1.807) is 20.2 Å². The van der Waals surface area contributed by atoms with Crippen molar-refractivity contribution < 1.29 is 9.53 Å². The van der Waals surface area contributed by atoms with Crippen molar-refractivity contribution in [3.63, 3.8) is 0 Å². The number of aryl methyl sites for hydroxylation is 1. The van der Waals surface area contributed by atoms with Gasteiger partial charge in [0.15, 0.2) is 0 Å². The van der Waals surface area contributed by atoms with Crippen LogP contribution >= 0.6 is 0 Å². The van der Waals surface area contributed by atoms with Gasteiger partial charge in [-0.1, -0.05) is 13.8 Å². The lowest BCUT2D eigenvalue weighted by atomic mass is 10.1. The zero-order valence-corrected chi connectivity index (χ0v) is 12.1. The molecule has 0 spiro atoms. The van der Waals surface area contributed by atoms with E-state index in [0.29, 0.717) is 18.0 Å². The molecular formula is C14H23N3O2. The molecule has 1 rings (SSSR count). The standard InChI is InChI=1S/C14H23N3O2/c1-5-11-7-10(8-13(15-3)16-11)14(18)17-12(6-2)9-19-4/h7-8,12H,5-6,9H2,1-4H3,(H,15,16)(H,17,18). The fourth-order valence-electron chi connectivity index (χ4n) is 1.76. The van der Waals surface area contributed by atoms with Crippen LogP contribution in [0.1, 0.15) is 36.3 Å². The lowest BCUT2D eigenvalue weighted by Gasteiger charge is -2.16. The molecule has 0 fully saturated rings. The normalized spacial score (nSPS) is 12.0. The highest BCUT2D eigenvalue weighted by Crippen LogP contribution is 2.11. The van der Waals surface area contributed by atoms with E-state index in [-0.39, 0.29) is 11.9 Å². The third kappa shape index (κ3) is 4.52. The Morgan fingerprint density at radius 1 is 1.42 bits per heavy atom. The van der Waals surface area contributed by atoms with Crippen molar-refractivity contribution in [1.82, 2.24) is 10.3 Å². The van der Waals surface area contributed by atoms with Crippen molar-refractivity contribution in [2.24, 2.45) is 0 Å². The van der Waals surface area contributed by atoms with Gasteiger partial charge in [0.2, 0.25) is 0 Å². The van der Waals surface area contributed by atoms with E-state index in [2.05, 4.69) is 15.6 Å². The number of nitrogens with zero attached hydrogens (tertiary/aromatic N) is 1. The summed E-state index contributed by atoms with van der Waals surface area (Å²) in [6.45, 7) is 4.56. The highest BCUT2D eigenvalue weighted by Gasteiger charge is 2.13. The molecule has 5 heteroatoms. The van der Waals surface area contributed by atoms with Gasteiger partial charge >= 0.3 is 0 Å². The number of ether oxygens (including phenoxy) is 1. The highest BCUT2D eigenvalue weighted by molar-refractivity contribution is 5.95. The zero-order valence-electron chi connectivity index (χ0n) is 12.1. The average Bonchev–Trinajstić information content (AvgIpc) is 2.45. The predicted octanol–water partition coefficient (Wildman–Crippen LogP) is 1.84. The molecule has 1 aromatic heterocycles.